The van der Waals surface area contributed by atoms with Crippen LogP contribution >= 0.6 is 23.1 Å². The first-order valence-corrected chi connectivity index (χ1v) is 13.2. The highest BCUT2D eigenvalue weighted by atomic mass is 32.2. The Morgan fingerprint density at radius 2 is 2.11 bits per heavy atom. The monoisotopic (exact) mass is 523 g/mol. The summed E-state index contributed by atoms with van der Waals surface area (Å²) in [6.45, 7) is 0.628. The van der Waals surface area contributed by atoms with Crippen molar-refractivity contribution < 1.29 is 14.0 Å². The molecule has 1 atom stereocenters. The van der Waals surface area contributed by atoms with Gasteiger partial charge in [0, 0.05) is 29.9 Å². The maximum atomic E-state index is 14.7. The summed E-state index contributed by atoms with van der Waals surface area (Å²) in [4.78, 5) is 33.4. The average Bonchev–Trinajstić information content (AvgIpc) is 3.49. The van der Waals surface area contributed by atoms with E-state index in [4.69, 9.17) is 0 Å². The molecule has 0 unspecified atom stereocenters. The molecule has 1 aliphatic heterocycles. The van der Waals surface area contributed by atoms with Crippen molar-refractivity contribution in [3.05, 3.63) is 70.7 Å². The van der Waals surface area contributed by atoms with E-state index in [-0.39, 0.29) is 17.5 Å². The molecule has 2 N–H and O–H groups in total. The lowest BCUT2D eigenvalue weighted by Crippen LogP contribution is -2.45. The largest absolute Gasteiger partial charge is 0.354 e. The van der Waals surface area contributed by atoms with Gasteiger partial charge in [-0.15, -0.1) is 21.5 Å². The van der Waals surface area contributed by atoms with Gasteiger partial charge in [-0.3, -0.25) is 19.1 Å². The van der Waals surface area contributed by atoms with Crippen molar-refractivity contribution in [3.63, 3.8) is 0 Å². The second kappa shape index (κ2) is 11.0. The van der Waals surface area contributed by atoms with Crippen LogP contribution < -0.4 is 10.6 Å². The molecule has 4 aromatic rings. The summed E-state index contributed by atoms with van der Waals surface area (Å²) in [5.41, 5.74) is 1.29. The minimum atomic E-state index is -0.551. The van der Waals surface area contributed by atoms with Crippen LogP contribution in [-0.2, 0) is 10.5 Å². The van der Waals surface area contributed by atoms with Gasteiger partial charge in [0.15, 0.2) is 11.0 Å². The lowest BCUT2D eigenvalue weighted by molar-refractivity contribution is -0.122. The molecular formula is C24H22FN7O2S2. The number of nitrogens with one attached hydrogen (secondary N) is 2. The highest BCUT2D eigenvalue weighted by Gasteiger charge is 2.24. The first-order valence-electron chi connectivity index (χ1n) is 11.4. The van der Waals surface area contributed by atoms with Crippen molar-refractivity contribution >= 4 is 34.9 Å². The Hall–Kier alpha value is -3.64. The number of thiazole rings is 1. The van der Waals surface area contributed by atoms with Gasteiger partial charge >= 0.3 is 0 Å². The number of para-hydroxylation sites is 1. The van der Waals surface area contributed by atoms with Gasteiger partial charge in [0.25, 0.3) is 5.91 Å². The van der Waals surface area contributed by atoms with Gasteiger partial charge in [0.1, 0.15) is 22.6 Å². The van der Waals surface area contributed by atoms with Crippen LogP contribution in [0.4, 0.5) is 4.39 Å². The fraction of sp³-hybridized carbons (Fsp3) is 0.250. The number of halogens is 1. The number of hydrogen-bond donors (Lipinski definition) is 2. The third kappa shape index (κ3) is 5.29. The first-order chi connectivity index (χ1) is 17.6. The highest BCUT2D eigenvalue weighted by Crippen LogP contribution is 2.31. The Kier molecular flexibility index (Phi) is 7.33. The van der Waals surface area contributed by atoms with E-state index in [0.29, 0.717) is 46.0 Å². The zero-order chi connectivity index (χ0) is 24.9. The van der Waals surface area contributed by atoms with Crippen LogP contribution in [0.15, 0.2) is 59.3 Å². The Balaban J connectivity index is 1.33. The van der Waals surface area contributed by atoms with Gasteiger partial charge in [-0.2, -0.15) is 0 Å². The zero-order valence-electron chi connectivity index (χ0n) is 19.1. The molecule has 1 aliphatic rings. The Bertz CT molecular complexity index is 1380. The van der Waals surface area contributed by atoms with Crippen LogP contribution in [0.5, 0.6) is 0 Å². The van der Waals surface area contributed by atoms with Crippen LogP contribution in [0.3, 0.4) is 0 Å². The second-order valence-electron chi connectivity index (χ2n) is 8.06. The maximum Gasteiger partial charge on any atom is 0.271 e. The topological polar surface area (TPSA) is 115 Å². The Labute approximate surface area is 214 Å². The summed E-state index contributed by atoms with van der Waals surface area (Å²) in [7, 11) is 0. The fourth-order valence-corrected chi connectivity index (χ4v) is 5.55. The normalized spacial score (nSPS) is 15.8. The van der Waals surface area contributed by atoms with Crippen LogP contribution in [-0.4, -0.2) is 49.1 Å². The van der Waals surface area contributed by atoms with Gasteiger partial charge < -0.3 is 10.6 Å². The molecule has 3 aromatic heterocycles. The summed E-state index contributed by atoms with van der Waals surface area (Å²) < 4.78 is 16.4. The molecule has 1 aromatic carbocycles. The summed E-state index contributed by atoms with van der Waals surface area (Å²) in [5, 5.41) is 17.0. The predicted octanol–water partition coefficient (Wildman–Crippen LogP) is 3.62. The molecule has 4 heterocycles. The summed E-state index contributed by atoms with van der Waals surface area (Å²) in [6.07, 6.45) is 5.68. The molecule has 0 aliphatic carbocycles. The lowest BCUT2D eigenvalue weighted by Gasteiger charge is -2.14. The minimum Gasteiger partial charge on any atom is -0.354 e. The Morgan fingerprint density at radius 3 is 2.94 bits per heavy atom. The number of pyridine rings is 1. The van der Waals surface area contributed by atoms with Crippen molar-refractivity contribution in [2.75, 3.05) is 6.54 Å². The fourth-order valence-electron chi connectivity index (χ4n) is 3.81. The van der Waals surface area contributed by atoms with Crippen LogP contribution in [0, 0.1) is 5.82 Å². The molecule has 12 heteroatoms. The van der Waals surface area contributed by atoms with Crippen LogP contribution in [0.1, 0.15) is 34.8 Å². The van der Waals surface area contributed by atoms with Crippen molar-refractivity contribution in [1.29, 1.82) is 0 Å². The van der Waals surface area contributed by atoms with Crippen molar-refractivity contribution in [3.8, 4) is 17.1 Å². The first kappa shape index (κ1) is 24.1. The number of aromatic nitrogens is 5. The number of carbonyl (C=O) groups is 2. The van der Waals surface area contributed by atoms with E-state index in [1.807, 2.05) is 6.07 Å². The second-order valence-corrected chi connectivity index (χ2v) is 9.95. The van der Waals surface area contributed by atoms with E-state index in [9.17, 15) is 14.0 Å². The average molecular weight is 524 g/mol. The lowest BCUT2D eigenvalue weighted by atomic mass is 10.1. The van der Waals surface area contributed by atoms with E-state index in [0.717, 1.165) is 12.8 Å². The van der Waals surface area contributed by atoms with E-state index >= 15 is 0 Å². The van der Waals surface area contributed by atoms with E-state index in [1.165, 1.54) is 29.2 Å². The predicted molar refractivity (Wildman–Crippen MR) is 134 cm³/mol. The molecule has 36 heavy (non-hydrogen) atoms. The molecular weight excluding hydrogens is 501 g/mol. The number of rotatable bonds is 7. The van der Waals surface area contributed by atoms with Crippen LogP contribution in [0.25, 0.3) is 17.1 Å². The quantitative estimate of drug-likeness (QED) is 0.356. The molecule has 0 spiro atoms. The van der Waals surface area contributed by atoms with Crippen LogP contribution in [0.2, 0.25) is 0 Å². The zero-order valence-corrected chi connectivity index (χ0v) is 20.7. The molecule has 1 saturated heterocycles. The van der Waals surface area contributed by atoms with E-state index in [2.05, 4.69) is 30.8 Å². The molecule has 184 valence electrons. The van der Waals surface area contributed by atoms with Gasteiger partial charge in [-0.05, 0) is 43.5 Å². The smallest absolute Gasteiger partial charge is 0.271 e. The van der Waals surface area contributed by atoms with Gasteiger partial charge in [-0.25, -0.2) is 9.37 Å². The summed E-state index contributed by atoms with van der Waals surface area (Å²) in [5.74, 6) is -0.0695. The number of amides is 2. The number of nitrogens with zero attached hydrogens (tertiary/aromatic N) is 5. The SMILES string of the molecule is O=C(N[C@H]1CCCCNC1=O)c1csc(CSc2nnc(-c3cccnc3)n2-c2ccccc2F)n1. The molecule has 0 bridgehead atoms. The van der Waals surface area contributed by atoms with Gasteiger partial charge in [0.2, 0.25) is 5.91 Å². The molecule has 0 saturated carbocycles. The van der Waals surface area contributed by atoms with Crippen molar-refractivity contribution in [2.45, 2.75) is 36.2 Å². The van der Waals surface area contributed by atoms with Gasteiger partial charge in [-0.1, -0.05) is 23.9 Å². The number of benzene rings is 1. The summed E-state index contributed by atoms with van der Waals surface area (Å²) >= 11 is 2.67. The third-order valence-corrected chi connectivity index (χ3v) is 7.57. The molecule has 9 nitrogen and oxygen atoms in total. The standard InChI is InChI=1S/C24H22FN7O2S2/c25-16-7-1-2-9-19(16)32-21(15-6-5-10-26-12-15)30-31-24(32)36-14-20-28-18(13-35-20)23(34)29-17-8-3-4-11-27-22(17)33/h1-2,5-7,9-10,12-13,17H,3-4,8,11,14H2,(H,27,33)(H,29,34)/t17-/m0/s1. The Morgan fingerprint density at radius 1 is 1.22 bits per heavy atom. The van der Waals surface area contributed by atoms with Crippen molar-refractivity contribution in [1.82, 2.24) is 35.4 Å². The van der Waals surface area contributed by atoms with Crippen molar-refractivity contribution in [2.24, 2.45) is 0 Å². The highest BCUT2D eigenvalue weighted by molar-refractivity contribution is 7.98. The number of carbonyl (C=O) groups excluding carboxylic acids is 2. The third-order valence-electron chi connectivity index (χ3n) is 5.60. The molecule has 5 rings (SSSR count). The number of hydrogen-bond acceptors (Lipinski definition) is 8. The molecule has 2 amide bonds. The molecule has 0 radical (unpaired) electrons. The summed E-state index contributed by atoms with van der Waals surface area (Å²) in [6, 6.07) is 9.49. The number of thioether (sulfide) groups is 1. The van der Waals surface area contributed by atoms with E-state index in [1.54, 1.807) is 46.6 Å². The molecule has 1 fully saturated rings. The van der Waals surface area contributed by atoms with Gasteiger partial charge in [0.05, 0.1) is 11.4 Å². The van der Waals surface area contributed by atoms with E-state index < -0.39 is 11.9 Å². The minimum absolute atomic E-state index is 0.163. The maximum absolute atomic E-state index is 14.7.